The van der Waals surface area contributed by atoms with E-state index in [1.807, 2.05) is 0 Å². The van der Waals surface area contributed by atoms with Crippen LogP contribution >= 0.6 is 0 Å². The first-order chi connectivity index (χ1) is 3.56. The van der Waals surface area contributed by atoms with Crippen LogP contribution in [0.3, 0.4) is 0 Å². The minimum atomic E-state index is -2.46. The maximum Gasteiger partial charge on any atom is 0.245 e. The first kappa shape index (κ1) is 10.7. The molecule has 0 aliphatic rings. The van der Waals surface area contributed by atoms with Gasteiger partial charge < -0.3 is 0 Å². The van der Waals surface area contributed by atoms with Gasteiger partial charge in [-0.15, -0.1) is 0 Å². The molecule has 0 amide bonds. The minimum Gasteiger partial charge on any atom is -0.255 e. The Kier molecular flexibility index (Phi) is 6.61. The van der Waals surface area contributed by atoms with Gasteiger partial charge in [-0.3, -0.25) is 4.39 Å². The highest BCUT2D eigenvalue weighted by Gasteiger charge is 2.15. The van der Waals surface area contributed by atoms with Crippen molar-refractivity contribution in [1.82, 2.24) is 0 Å². The first-order valence-electron chi connectivity index (χ1n) is 2.32. The molecule has 0 aliphatic carbocycles. The van der Waals surface area contributed by atoms with Crippen LogP contribution in [-0.4, -0.2) is 13.1 Å². The van der Waals surface area contributed by atoms with Crippen molar-refractivity contribution < 1.29 is 13.2 Å². The Morgan fingerprint density at radius 3 is 1.38 bits per heavy atom. The molecule has 0 bridgehead atoms. The summed E-state index contributed by atoms with van der Waals surface area (Å²) < 4.78 is 32.4. The molecule has 3 heteroatoms. The second-order valence-corrected chi connectivity index (χ2v) is 1.42. The zero-order chi connectivity index (χ0) is 7.21. The van der Waals surface area contributed by atoms with E-state index < -0.39 is 5.92 Å². The molecule has 0 aromatic rings. The van der Waals surface area contributed by atoms with Gasteiger partial charge in [-0.05, 0) is 6.92 Å². The Morgan fingerprint density at radius 2 is 1.38 bits per heavy atom. The topological polar surface area (TPSA) is 0 Å². The summed E-state index contributed by atoms with van der Waals surface area (Å²) in [5, 5.41) is 0. The standard InChI is InChI=1S/C4H8F2.CH3F/c1-3-4(2,5)6;1-2/h3H2,1-2H3;1H3. The molecule has 0 spiro atoms. The molecule has 0 radical (unpaired) electrons. The fourth-order valence-electron chi connectivity index (χ4n) is 0. The predicted molar refractivity (Wildman–Crippen MR) is 27.9 cm³/mol. The monoisotopic (exact) mass is 128 g/mol. The number of hydrogen-bond donors (Lipinski definition) is 0. The van der Waals surface area contributed by atoms with Gasteiger partial charge in [-0.1, -0.05) is 6.92 Å². The maximum absolute atomic E-state index is 11.5. The highest BCUT2D eigenvalue weighted by Crippen LogP contribution is 2.14. The van der Waals surface area contributed by atoms with Gasteiger partial charge in [-0.2, -0.15) is 0 Å². The highest BCUT2D eigenvalue weighted by molar-refractivity contribution is 4.50. The fourth-order valence-corrected chi connectivity index (χ4v) is 0. The van der Waals surface area contributed by atoms with Gasteiger partial charge in [0.2, 0.25) is 5.92 Å². The van der Waals surface area contributed by atoms with Gasteiger partial charge in [0.05, 0.1) is 7.18 Å². The Labute approximate surface area is 47.7 Å². The Morgan fingerprint density at radius 1 is 1.25 bits per heavy atom. The zero-order valence-electron chi connectivity index (χ0n) is 5.34. The van der Waals surface area contributed by atoms with E-state index in [0.717, 1.165) is 6.92 Å². The van der Waals surface area contributed by atoms with Crippen LogP contribution in [0.15, 0.2) is 0 Å². The summed E-state index contributed by atoms with van der Waals surface area (Å²) in [7, 11) is 0.500. The molecule has 8 heavy (non-hydrogen) atoms. The molecule has 0 nitrogen and oxygen atoms in total. The number of halogens is 3. The summed E-state index contributed by atoms with van der Waals surface area (Å²) in [6, 6.07) is 0. The lowest BCUT2D eigenvalue weighted by atomic mass is 10.3. The van der Waals surface area contributed by atoms with E-state index in [2.05, 4.69) is 0 Å². The Bertz CT molecular complexity index is 37.4. The average Bonchev–Trinajstić information content (AvgIpc) is 1.71. The lowest BCUT2D eigenvalue weighted by Crippen LogP contribution is -2.05. The van der Waals surface area contributed by atoms with Gasteiger partial charge in [0.1, 0.15) is 0 Å². The molecule has 52 valence electrons. The van der Waals surface area contributed by atoms with Crippen LogP contribution in [-0.2, 0) is 0 Å². The van der Waals surface area contributed by atoms with Crippen molar-refractivity contribution >= 4 is 0 Å². The third kappa shape index (κ3) is 17.1. The number of rotatable bonds is 1. The van der Waals surface area contributed by atoms with Crippen LogP contribution < -0.4 is 0 Å². The van der Waals surface area contributed by atoms with Gasteiger partial charge >= 0.3 is 0 Å². The van der Waals surface area contributed by atoms with Crippen molar-refractivity contribution in [3.05, 3.63) is 0 Å². The van der Waals surface area contributed by atoms with E-state index in [9.17, 15) is 13.2 Å². The third-order valence-corrected chi connectivity index (χ3v) is 0.621. The molecule has 0 aromatic heterocycles. The Balaban J connectivity index is 0. The summed E-state index contributed by atoms with van der Waals surface area (Å²) in [5.41, 5.74) is 0. The van der Waals surface area contributed by atoms with E-state index >= 15 is 0 Å². The van der Waals surface area contributed by atoms with Crippen LogP contribution in [0.4, 0.5) is 13.2 Å². The Hall–Kier alpha value is -0.210. The molecule has 0 rings (SSSR count). The molecule has 0 N–H and O–H groups in total. The average molecular weight is 128 g/mol. The van der Waals surface area contributed by atoms with Gasteiger partial charge in [0, 0.05) is 6.42 Å². The van der Waals surface area contributed by atoms with Crippen molar-refractivity contribution in [2.24, 2.45) is 0 Å². The molecule has 0 atom stereocenters. The largest absolute Gasteiger partial charge is 0.255 e. The number of hydrogen-bond acceptors (Lipinski definition) is 0. The second kappa shape index (κ2) is 4.94. The summed E-state index contributed by atoms with van der Waals surface area (Å²) in [6.45, 7) is 2.37. The molecule has 0 aliphatic heterocycles. The minimum absolute atomic E-state index is 0.0625. The van der Waals surface area contributed by atoms with Crippen LogP contribution in [0.2, 0.25) is 0 Å². The van der Waals surface area contributed by atoms with Crippen molar-refractivity contribution in [1.29, 1.82) is 0 Å². The van der Waals surface area contributed by atoms with Crippen LogP contribution in [0.1, 0.15) is 20.3 Å². The van der Waals surface area contributed by atoms with Gasteiger partial charge in [0.15, 0.2) is 0 Å². The highest BCUT2D eigenvalue weighted by atomic mass is 19.3. The predicted octanol–water partition coefficient (Wildman–Crippen LogP) is 2.64. The summed E-state index contributed by atoms with van der Waals surface area (Å²) in [5.74, 6) is -2.46. The molecular weight excluding hydrogens is 117 g/mol. The molecule has 0 unspecified atom stereocenters. The van der Waals surface area contributed by atoms with E-state index in [-0.39, 0.29) is 6.42 Å². The van der Waals surface area contributed by atoms with E-state index in [1.165, 1.54) is 6.92 Å². The van der Waals surface area contributed by atoms with E-state index in [4.69, 9.17) is 0 Å². The van der Waals surface area contributed by atoms with Crippen molar-refractivity contribution in [3.63, 3.8) is 0 Å². The molecule has 0 saturated heterocycles. The SMILES string of the molecule is CCC(C)(F)F.CF. The van der Waals surface area contributed by atoms with Crippen LogP contribution in [0.5, 0.6) is 0 Å². The third-order valence-electron chi connectivity index (χ3n) is 0.621. The van der Waals surface area contributed by atoms with Crippen molar-refractivity contribution in [3.8, 4) is 0 Å². The smallest absolute Gasteiger partial charge is 0.245 e. The molecular formula is C5H11F3. The van der Waals surface area contributed by atoms with E-state index in [0.29, 0.717) is 7.18 Å². The molecule has 0 aromatic carbocycles. The van der Waals surface area contributed by atoms with Crippen LogP contribution in [0.25, 0.3) is 0 Å². The second-order valence-electron chi connectivity index (χ2n) is 1.42. The first-order valence-corrected chi connectivity index (χ1v) is 2.32. The molecule has 0 fully saturated rings. The van der Waals surface area contributed by atoms with Crippen LogP contribution in [0, 0.1) is 0 Å². The van der Waals surface area contributed by atoms with Gasteiger partial charge in [-0.25, -0.2) is 8.78 Å². The quantitative estimate of drug-likeness (QED) is 0.509. The van der Waals surface area contributed by atoms with E-state index in [1.54, 1.807) is 0 Å². The van der Waals surface area contributed by atoms with Crippen molar-refractivity contribution in [2.45, 2.75) is 26.2 Å². The summed E-state index contributed by atoms with van der Waals surface area (Å²) in [4.78, 5) is 0. The van der Waals surface area contributed by atoms with Gasteiger partial charge in [0.25, 0.3) is 0 Å². The lowest BCUT2D eigenvalue weighted by Gasteiger charge is -2.02. The number of alkyl halides is 3. The zero-order valence-corrected chi connectivity index (χ0v) is 5.34. The molecule has 0 saturated carbocycles. The lowest BCUT2D eigenvalue weighted by molar-refractivity contribution is 0.0181. The van der Waals surface area contributed by atoms with Crippen molar-refractivity contribution in [2.75, 3.05) is 7.18 Å². The molecule has 0 heterocycles. The fraction of sp³-hybridized carbons (Fsp3) is 1.00. The normalized spacial score (nSPS) is 9.75. The summed E-state index contributed by atoms with van der Waals surface area (Å²) in [6.07, 6.45) is -0.0625. The maximum atomic E-state index is 11.5. The summed E-state index contributed by atoms with van der Waals surface area (Å²) >= 11 is 0.